The van der Waals surface area contributed by atoms with Crippen molar-refractivity contribution in [2.75, 3.05) is 26.2 Å². The van der Waals surface area contributed by atoms with Crippen LogP contribution in [0.25, 0.3) is 0 Å². The quantitative estimate of drug-likeness (QED) is 0.729. The second-order valence-electron chi connectivity index (χ2n) is 4.96. The molecule has 2 rings (SSSR count). The number of carbonyl (C=O) groups is 2. The molecule has 0 aromatic carbocycles. The molecule has 0 atom stereocenters. The zero-order chi connectivity index (χ0) is 12.3. The molecule has 2 aliphatic rings. The second-order valence-corrected chi connectivity index (χ2v) is 4.96. The molecular weight excluding hydrogens is 220 g/mol. The average molecular weight is 240 g/mol. The first-order valence-electron chi connectivity index (χ1n) is 6.41. The van der Waals surface area contributed by atoms with E-state index in [9.17, 15) is 9.59 Å². The Morgan fingerprint density at radius 2 is 1.53 bits per heavy atom. The number of hydrogen-bond donors (Lipinski definition) is 2. The summed E-state index contributed by atoms with van der Waals surface area (Å²) in [7, 11) is 0. The molecule has 96 valence electrons. The minimum Gasteiger partial charge on any atom is -0.481 e. The maximum absolute atomic E-state index is 12.2. The third-order valence-corrected chi connectivity index (χ3v) is 3.85. The van der Waals surface area contributed by atoms with E-state index in [1.807, 2.05) is 4.90 Å². The fourth-order valence-electron chi connectivity index (χ4n) is 2.73. The van der Waals surface area contributed by atoms with Crippen LogP contribution in [0.5, 0.6) is 0 Å². The van der Waals surface area contributed by atoms with Crippen LogP contribution in [0.1, 0.15) is 25.7 Å². The van der Waals surface area contributed by atoms with Crippen LogP contribution in [0, 0.1) is 11.8 Å². The van der Waals surface area contributed by atoms with Gasteiger partial charge in [-0.15, -0.1) is 0 Å². The van der Waals surface area contributed by atoms with Crippen molar-refractivity contribution in [1.29, 1.82) is 0 Å². The number of amides is 1. The van der Waals surface area contributed by atoms with E-state index in [0.29, 0.717) is 12.8 Å². The number of rotatable bonds is 2. The number of piperazine rings is 1. The zero-order valence-electron chi connectivity index (χ0n) is 10.0. The first-order valence-corrected chi connectivity index (χ1v) is 6.41. The van der Waals surface area contributed by atoms with Crippen LogP contribution in [-0.4, -0.2) is 48.1 Å². The van der Waals surface area contributed by atoms with Crippen LogP contribution in [0.15, 0.2) is 0 Å². The van der Waals surface area contributed by atoms with Crippen molar-refractivity contribution in [3.05, 3.63) is 0 Å². The number of nitrogens with zero attached hydrogens (tertiary/aromatic N) is 1. The van der Waals surface area contributed by atoms with Gasteiger partial charge in [-0.2, -0.15) is 0 Å². The average Bonchev–Trinajstić information content (AvgIpc) is 2.39. The number of hydrogen-bond acceptors (Lipinski definition) is 3. The molecule has 1 heterocycles. The Bertz CT molecular complexity index is 292. The molecule has 0 spiro atoms. The van der Waals surface area contributed by atoms with E-state index in [1.165, 1.54) is 0 Å². The first-order chi connectivity index (χ1) is 8.18. The minimum atomic E-state index is -0.710. The predicted octanol–water partition coefficient (Wildman–Crippen LogP) is 0.309. The molecule has 17 heavy (non-hydrogen) atoms. The van der Waals surface area contributed by atoms with Crippen molar-refractivity contribution in [2.45, 2.75) is 25.7 Å². The van der Waals surface area contributed by atoms with Crippen LogP contribution >= 0.6 is 0 Å². The van der Waals surface area contributed by atoms with Gasteiger partial charge in [-0.05, 0) is 25.7 Å². The Hall–Kier alpha value is -1.10. The Morgan fingerprint density at radius 1 is 1.00 bits per heavy atom. The molecule has 1 amide bonds. The smallest absolute Gasteiger partial charge is 0.306 e. The standard InChI is InChI=1S/C12H20N2O3/c15-11(14-7-5-13-6-8-14)9-1-3-10(4-2-9)12(16)17/h9-10,13H,1-8H2,(H,16,17)/t9-,10-. The summed E-state index contributed by atoms with van der Waals surface area (Å²) < 4.78 is 0. The molecule has 0 aromatic rings. The Morgan fingerprint density at radius 3 is 2.06 bits per heavy atom. The van der Waals surface area contributed by atoms with Gasteiger partial charge in [-0.1, -0.05) is 0 Å². The van der Waals surface area contributed by atoms with Gasteiger partial charge in [-0.3, -0.25) is 9.59 Å². The lowest BCUT2D eigenvalue weighted by molar-refractivity contribution is -0.145. The molecule has 5 heteroatoms. The minimum absolute atomic E-state index is 0.0590. The first kappa shape index (κ1) is 12.4. The SMILES string of the molecule is O=C(O)[C@H]1CC[C@H](C(=O)N2CCNCC2)CC1. The van der Waals surface area contributed by atoms with Crippen LogP contribution in [0.4, 0.5) is 0 Å². The highest BCUT2D eigenvalue weighted by Gasteiger charge is 2.32. The van der Waals surface area contributed by atoms with Gasteiger partial charge in [0.1, 0.15) is 0 Å². The maximum atomic E-state index is 12.2. The van der Waals surface area contributed by atoms with E-state index < -0.39 is 5.97 Å². The number of carbonyl (C=O) groups excluding carboxylic acids is 1. The molecule has 0 radical (unpaired) electrons. The molecule has 1 aliphatic heterocycles. The lowest BCUT2D eigenvalue weighted by Gasteiger charge is -2.33. The van der Waals surface area contributed by atoms with E-state index in [-0.39, 0.29) is 17.7 Å². The predicted molar refractivity (Wildman–Crippen MR) is 62.5 cm³/mol. The summed E-state index contributed by atoms with van der Waals surface area (Å²) in [6.45, 7) is 3.32. The van der Waals surface area contributed by atoms with Crippen LogP contribution in [0.2, 0.25) is 0 Å². The van der Waals surface area contributed by atoms with E-state index in [2.05, 4.69) is 5.32 Å². The molecule has 2 fully saturated rings. The van der Waals surface area contributed by atoms with Crippen LogP contribution in [0.3, 0.4) is 0 Å². The topological polar surface area (TPSA) is 69.6 Å². The van der Waals surface area contributed by atoms with Crippen molar-refractivity contribution < 1.29 is 14.7 Å². The number of carboxylic acid groups (broad SMARTS) is 1. The summed E-state index contributed by atoms with van der Waals surface area (Å²) in [6.07, 6.45) is 2.77. The van der Waals surface area contributed by atoms with Crippen LogP contribution < -0.4 is 5.32 Å². The fraction of sp³-hybridized carbons (Fsp3) is 0.833. The van der Waals surface area contributed by atoms with Crippen molar-refractivity contribution in [3.63, 3.8) is 0 Å². The molecule has 2 N–H and O–H groups in total. The maximum Gasteiger partial charge on any atom is 0.306 e. The summed E-state index contributed by atoms with van der Waals surface area (Å²) >= 11 is 0. The fourth-order valence-corrected chi connectivity index (χ4v) is 2.73. The number of aliphatic carboxylic acids is 1. The van der Waals surface area contributed by atoms with E-state index in [1.54, 1.807) is 0 Å². The Balaban J connectivity index is 1.83. The summed E-state index contributed by atoms with van der Waals surface area (Å²) in [6, 6.07) is 0. The molecule has 0 aromatic heterocycles. The highest BCUT2D eigenvalue weighted by molar-refractivity contribution is 5.79. The Labute approximate surface area is 101 Å². The molecule has 1 saturated heterocycles. The zero-order valence-corrected chi connectivity index (χ0v) is 10.0. The van der Waals surface area contributed by atoms with Gasteiger partial charge in [0, 0.05) is 32.1 Å². The molecule has 0 unspecified atom stereocenters. The van der Waals surface area contributed by atoms with Crippen molar-refractivity contribution in [3.8, 4) is 0 Å². The largest absolute Gasteiger partial charge is 0.481 e. The summed E-state index contributed by atoms with van der Waals surface area (Å²) in [5.74, 6) is -0.654. The van der Waals surface area contributed by atoms with Gasteiger partial charge in [0.2, 0.25) is 5.91 Å². The summed E-state index contributed by atoms with van der Waals surface area (Å²) in [5.41, 5.74) is 0. The van der Waals surface area contributed by atoms with Gasteiger partial charge in [-0.25, -0.2) is 0 Å². The monoisotopic (exact) mass is 240 g/mol. The van der Waals surface area contributed by atoms with Crippen LogP contribution in [-0.2, 0) is 9.59 Å². The second kappa shape index (κ2) is 5.49. The van der Waals surface area contributed by atoms with Gasteiger partial charge < -0.3 is 15.3 Å². The highest BCUT2D eigenvalue weighted by atomic mass is 16.4. The molecular formula is C12H20N2O3. The van der Waals surface area contributed by atoms with Crippen molar-refractivity contribution in [2.24, 2.45) is 11.8 Å². The lowest BCUT2D eigenvalue weighted by atomic mass is 9.81. The molecule has 5 nitrogen and oxygen atoms in total. The van der Waals surface area contributed by atoms with Gasteiger partial charge in [0.05, 0.1) is 5.92 Å². The highest BCUT2D eigenvalue weighted by Crippen LogP contribution is 2.30. The molecule has 0 bridgehead atoms. The van der Waals surface area contributed by atoms with E-state index >= 15 is 0 Å². The van der Waals surface area contributed by atoms with E-state index in [4.69, 9.17) is 5.11 Å². The van der Waals surface area contributed by atoms with Gasteiger partial charge >= 0.3 is 5.97 Å². The molecule has 1 aliphatic carbocycles. The molecule has 1 saturated carbocycles. The third-order valence-electron chi connectivity index (χ3n) is 3.85. The summed E-state index contributed by atoms with van der Waals surface area (Å²) in [5, 5.41) is 12.1. The Kier molecular flexibility index (Phi) is 3.99. The summed E-state index contributed by atoms with van der Waals surface area (Å²) in [4.78, 5) is 24.9. The lowest BCUT2D eigenvalue weighted by Crippen LogP contribution is -2.49. The van der Waals surface area contributed by atoms with Crippen molar-refractivity contribution in [1.82, 2.24) is 10.2 Å². The van der Waals surface area contributed by atoms with Gasteiger partial charge in [0.15, 0.2) is 0 Å². The van der Waals surface area contributed by atoms with E-state index in [0.717, 1.165) is 39.0 Å². The normalized spacial score (nSPS) is 30.0. The van der Waals surface area contributed by atoms with Gasteiger partial charge in [0.25, 0.3) is 0 Å². The third kappa shape index (κ3) is 2.97. The number of carboxylic acids is 1. The van der Waals surface area contributed by atoms with Crippen molar-refractivity contribution >= 4 is 11.9 Å². The number of nitrogens with one attached hydrogen (secondary N) is 1.